The van der Waals surface area contributed by atoms with E-state index in [9.17, 15) is 5.11 Å². The van der Waals surface area contributed by atoms with Crippen LogP contribution in [0.25, 0.3) is 0 Å². The standard InChI is InChI=1S/C11H18O/c1-10-3-8-2-9(4-10)6-11(12,5-8)7-10/h8-9,12H,2-7H2,1H3. The van der Waals surface area contributed by atoms with Gasteiger partial charge in [0.15, 0.2) is 0 Å². The van der Waals surface area contributed by atoms with Crippen molar-refractivity contribution < 1.29 is 5.11 Å². The van der Waals surface area contributed by atoms with Crippen LogP contribution in [0.15, 0.2) is 0 Å². The van der Waals surface area contributed by atoms with Crippen molar-refractivity contribution in [1.29, 1.82) is 0 Å². The molecule has 0 aromatic rings. The molecule has 1 heteroatoms. The minimum absolute atomic E-state index is 0.237. The van der Waals surface area contributed by atoms with Crippen molar-refractivity contribution in [2.24, 2.45) is 17.3 Å². The van der Waals surface area contributed by atoms with Crippen LogP contribution in [-0.4, -0.2) is 10.7 Å². The Morgan fingerprint density at radius 3 is 2.08 bits per heavy atom. The maximum atomic E-state index is 10.3. The van der Waals surface area contributed by atoms with Crippen LogP contribution < -0.4 is 0 Å². The smallest absolute Gasteiger partial charge is 0.0658 e. The highest BCUT2D eigenvalue weighted by Crippen LogP contribution is 2.61. The fourth-order valence-electron chi connectivity index (χ4n) is 4.67. The van der Waals surface area contributed by atoms with Crippen molar-refractivity contribution >= 4 is 0 Å². The second-order valence-electron chi connectivity index (χ2n) is 6.00. The minimum Gasteiger partial charge on any atom is -0.390 e. The highest BCUT2D eigenvalue weighted by Gasteiger charge is 2.54. The first-order valence-electron chi connectivity index (χ1n) is 5.29. The summed E-state index contributed by atoms with van der Waals surface area (Å²) < 4.78 is 0. The largest absolute Gasteiger partial charge is 0.390 e. The number of hydrogen-bond donors (Lipinski definition) is 1. The maximum Gasteiger partial charge on any atom is 0.0658 e. The molecule has 4 aliphatic rings. The number of aliphatic hydroxyl groups is 1. The van der Waals surface area contributed by atoms with Gasteiger partial charge in [0.25, 0.3) is 0 Å². The summed E-state index contributed by atoms with van der Waals surface area (Å²) in [7, 11) is 0. The molecule has 4 bridgehead atoms. The predicted octanol–water partition coefficient (Wildman–Crippen LogP) is 2.34. The molecule has 4 saturated carbocycles. The van der Waals surface area contributed by atoms with E-state index >= 15 is 0 Å². The van der Waals surface area contributed by atoms with Gasteiger partial charge >= 0.3 is 0 Å². The zero-order valence-electron chi connectivity index (χ0n) is 7.84. The summed E-state index contributed by atoms with van der Waals surface area (Å²) in [6, 6.07) is 0. The zero-order valence-corrected chi connectivity index (χ0v) is 7.84. The maximum absolute atomic E-state index is 10.3. The van der Waals surface area contributed by atoms with Gasteiger partial charge in [0.2, 0.25) is 0 Å². The van der Waals surface area contributed by atoms with E-state index in [1.165, 1.54) is 19.3 Å². The fraction of sp³-hybridized carbons (Fsp3) is 1.00. The summed E-state index contributed by atoms with van der Waals surface area (Å²) in [4.78, 5) is 0. The molecule has 2 atom stereocenters. The van der Waals surface area contributed by atoms with Gasteiger partial charge in [0.05, 0.1) is 5.60 Å². The molecule has 68 valence electrons. The minimum atomic E-state index is -0.237. The first-order valence-corrected chi connectivity index (χ1v) is 5.29. The molecule has 0 radical (unpaired) electrons. The Morgan fingerprint density at radius 2 is 1.67 bits per heavy atom. The van der Waals surface area contributed by atoms with Gasteiger partial charge in [0, 0.05) is 0 Å². The summed E-state index contributed by atoms with van der Waals surface area (Å²) in [5.74, 6) is 1.72. The van der Waals surface area contributed by atoms with Gasteiger partial charge in [-0.05, 0) is 55.8 Å². The Kier molecular flexibility index (Phi) is 1.16. The van der Waals surface area contributed by atoms with Crippen molar-refractivity contribution in [1.82, 2.24) is 0 Å². The van der Waals surface area contributed by atoms with Crippen LogP contribution in [0.4, 0.5) is 0 Å². The van der Waals surface area contributed by atoms with E-state index in [2.05, 4.69) is 6.92 Å². The average molecular weight is 166 g/mol. The van der Waals surface area contributed by atoms with Gasteiger partial charge in [0.1, 0.15) is 0 Å². The van der Waals surface area contributed by atoms with Crippen molar-refractivity contribution in [2.75, 3.05) is 0 Å². The molecule has 0 aromatic carbocycles. The molecule has 1 nitrogen and oxygen atoms in total. The van der Waals surface area contributed by atoms with E-state index in [1.54, 1.807) is 0 Å². The molecule has 0 aromatic heterocycles. The molecule has 0 heterocycles. The number of hydrogen-bond acceptors (Lipinski definition) is 1. The highest BCUT2D eigenvalue weighted by atomic mass is 16.3. The quantitative estimate of drug-likeness (QED) is 0.585. The second-order valence-corrected chi connectivity index (χ2v) is 6.00. The molecule has 0 spiro atoms. The second kappa shape index (κ2) is 1.89. The van der Waals surface area contributed by atoms with Crippen molar-refractivity contribution in [3.63, 3.8) is 0 Å². The molecule has 0 amide bonds. The van der Waals surface area contributed by atoms with Crippen LogP contribution >= 0.6 is 0 Å². The van der Waals surface area contributed by atoms with Gasteiger partial charge in [-0.15, -0.1) is 0 Å². The molecule has 0 saturated heterocycles. The monoisotopic (exact) mass is 166 g/mol. The van der Waals surface area contributed by atoms with Crippen molar-refractivity contribution in [2.45, 2.75) is 51.0 Å². The first-order chi connectivity index (χ1) is 5.57. The lowest BCUT2D eigenvalue weighted by atomic mass is 9.48. The highest BCUT2D eigenvalue weighted by molar-refractivity contribution is 5.06. The molecule has 1 N–H and O–H groups in total. The molecule has 0 aliphatic heterocycles. The number of rotatable bonds is 0. The Morgan fingerprint density at radius 1 is 1.08 bits per heavy atom. The van der Waals surface area contributed by atoms with Crippen molar-refractivity contribution in [3.8, 4) is 0 Å². The van der Waals surface area contributed by atoms with Crippen LogP contribution in [0.2, 0.25) is 0 Å². The molecule has 12 heavy (non-hydrogen) atoms. The van der Waals surface area contributed by atoms with Crippen LogP contribution in [0, 0.1) is 17.3 Å². The summed E-state index contributed by atoms with van der Waals surface area (Å²) in [5.41, 5.74) is 0.275. The molecule has 4 aliphatic carbocycles. The van der Waals surface area contributed by atoms with E-state index in [4.69, 9.17) is 0 Å². The Hall–Kier alpha value is -0.0400. The summed E-state index contributed by atoms with van der Waals surface area (Å²) >= 11 is 0. The van der Waals surface area contributed by atoms with E-state index in [1.807, 2.05) is 0 Å². The van der Waals surface area contributed by atoms with E-state index in [-0.39, 0.29) is 5.60 Å². The third kappa shape index (κ3) is 0.891. The van der Waals surface area contributed by atoms with Gasteiger partial charge in [-0.3, -0.25) is 0 Å². The van der Waals surface area contributed by atoms with E-state index in [0.29, 0.717) is 5.41 Å². The predicted molar refractivity (Wildman–Crippen MR) is 47.7 cm³/mol. The molecular formula is C11H18O. The van der Waals surface area contributed by atoms with Crippen LogP contribution in [0.1, 0.15) is 45.4 Å². The lowest BCUT2D eigenvalue weighted by molar-refractivity contribution is -0.157. The summed E-state index contributed by atoms with van der Waals surface area (Å²) in [6.07, 6.45) is 7.51. The first kappa shape index (κ1) is 7.37. The van der Waals surface area contributed by atoms with E-state index < -0.39 is 0 Å². The summed E-state index contributed by atoms with van der Waals surface area (Å²) in [6.45, 7) is 2.38. The Labute approximate surface area is 74.2 Å². The van der Waals surface area contributed by atoms with Gasteiger partial charge < -0.3 is 5.11 Å². The van der Waals surface area contributed by atoms with Gasteiger partial charge in [-0.2, -0.15) is 0 Å². The normalized spacial score (nSPS) is 62.5. The van der Waals surface area contributed by atoms with Crippen molar-refractivity contribution in [3.05, 3.63) is 0 Å². The Balaban J connectivity index is 1.98. The zero-order chi connectivity index (χ0) is 8.40. The SMILES string of the molecule is CC12CC3CC(C1)CC(O)(C3)C2. The van der Waals surface area contributed by atoms with Crippen LogP contribution in [0.5, 0.6) is 0 Å². The van der Waals surface area contributed by atoms with E-state index in [0.717, 1.165) is 31.1 Å². The topological polar surface area (TPSA) is 20.2 Å². The lowest BCUT2D eigenvalue weighted by Gasteiger charge is -2.59. The van der Waals surface area contributed by atoms with Crippen LogP contribution in [0.3, 0.4) is 0 Å². The average Bonchev–Trinajstić information content (AvgIpc) is 1.75. The molecule has 4 fully saturated rings. The molecule has 2 unspecified atom stereocenters. The van der Waals surface area contributed by atoms with Crippen LogP contribution in [-0.2, 0) is 0 Å². The third-order valence-electron chi connectivity index (χ3n) is 4.32. The van der Waals surface area contributed by atoms with Gasteiger partial charge in [-0.1, -0.05) is 6.92 Å². The lowest BCUT2D eigenvalue weighted by Crippen LogP contribution is -2.54. The Bertz CT molecular complexity index is 187. The fourth-order valence-corrected chi connectivity index (χ4v) is 4.67. The molecular weight excluding hydrogens is 148 g/mol. The summed E-state index contributed by atoms with van der Waals surface area (Å²) in [5, 5.41) is 10.3. The van der Waals surface area contributed by atoms with Gasteiger partial charge in [-0.25, -0.2) is 0 Å². The third-order valence-corrected chi connectivity index (χ3v) is 4.32. The molecule has 4 rings (SSSR count).